The van der Waals surface area contributed by atoms with Crippen molar-refractivity contribution in [1.82, 2.24) is 10.2 Å². The number of carbonyl (C=O) groups is 3. The number of aliphatic carboxylic acids is 1. The van der Waals surface area contributed by atoms with Gasteiger partial charge in [-0.25, -0.2) is 14.5 Å². The molecule has 3 amide bonds. The van der Waals surface area contributed by atoms with Gasteiger partial charge in [-0.3, -0.25) is 4.79 Å². The Bertz CT molecular complexity index is 757. The predicted octanol–water partition coefficient (Wildman–Crippen LogP) is -1.26. The summed E-state index contributed by atoms with van der Waals surface area (Å²) in [7, 11) is 0. The largest absolute Gasteiger partial charge is 0.479 e. The van der Waals surface area contributed by atoms with Gasteiger partial charge in [0.1, 0.15) is 23.9 Å². The van der Waals surface area contributed by atoms with E-state index in [1.54, 1.807) is 37.3 Å². The second-order valence-electron chi connectivity index (χ2n) is 6.49. The minimum atomic E-state index is -1.92. The number of urea groups is 1. The van der Waals surface area contributed by atoms with Crippen molar-refractivity contribution in [3.05, 3.63) is 35.9 Å². The van der Waals surface area contributed by atoms with Gasteiger partial charge >= 0.3 is 12.0 Å². The fourth-order valence-corrected chi connectivity index (χ4v) is 3.47. The van der Waals surface area contributed by atoms with Crippen molar-refractivity contribution in [2.75, 3.05) is 0 Å². The van der Waals surface area contributed by atoms with Crippen LogP contribution in [0.1, 0.15) is 18.9 Å². The molecule has 1 aromatic rings. The van der Waals surface area contributed by atoms with E-state index in [2.05, 4.69) is 5.32 Å². The molecule has 27 heavy (non-hydrogen) atoms. The van der Waals surface area contributed by atoms with E-state index in [1.165, 1.54) is 0 Å². The number of amides is 3. The van der Waals surface area contributed by atoms with Crippen molar-refractivity contribution in [3.63, 3.8) is 0 Å². The lowest BCUT2D eigenvalue weighted by atomic mass is 9.87. The third-order valence-corrected chi connectivity index (χ3v) is 5.01. The van der Waals surface area contributed by atoms with Crippen LogP contribution in [0.15, 0.2) is 30.3 Å². The Hall–Kier alpha value is -2.53. The van der Waals surface area contributed by atoms with E-state index in [9.17, 15) is 29.7 Å². The van der Waals surface area contributed by atoms with Gasteiger partial charge in [-0.1, -0.05) is 37.3 Å². The molecule has 10 heteroatoms. The zero-order chi connectivity index (χ0) is 19.9. The lowest BCUT2D eigenvalue weighted by Crippen LogP contribution is -2.65. The van der Waals surface area contributed by atoms with Crippen LogP contribution >= 0.6 is 0 Å². The number of rotatable bonds is 4. The normalized spacial score (nSPS) is 36.6. The number of nitrogens with zero attached hydrogens (tertiary/aromatic N) is 1. The Morgan fingerprint density at radius 3 is 2.33 bits per heavy atom. The van der Waals surface area contributed by atoms with E-state index in [-0.39, 0.29) is 6.42 Å². The van der Waals surface area contributed by atoms with Crippen LogP contribution in [-0.4, -0.2) is 73.9 Å². The van der Waals surface area contributed by atoms with Crippen molar-refractivity contribution in [2.45, 2.75) is 49.5 Å². The Morgan fingerprint density at radius 1 is 1.15 bits per heavy atom. The minimum absolute atomic E-state index is 0.189. The summed E-state index contributed by atoms with van der Waals surface area (Å²) in [4.78, 5) is 37.5. The summed E-state index contributed by atoms with van der Waals surface area (Å²) in [6.07, 6.45) is -9.21. The first-order chi connectivity index (χ1) is 12.7. The number of carboxylic acid groups (broad SMARTS) is 1. The van der Waals surface area contributed by atoms with Crippen LogP contribution in [0.3, 0.4) is 0 Å². The van der Waals surface area contributed by atoms with Gasteiger partial charge in [0.05, 0.1) is 0 Å². The number of hydrogen-bond acceptors (Lipinski definition) is 7. The molecular formula is C17H20N2O8. The number of imide groups is 1. The van der Waals surface area contributed by atoms with Gasteiger partial charge < -0.3 is 30.5 Å². The molecular weight excluding hydrogens is 360 g/mol. The number of ether oxygens (including phenoxy) is 1. The van der Waals surface area contributed by atoms with E-state index in [1.807, 2.05) is 0 Å². The van der Waals surface area contributed by atoms with E-state index in [0.717, 1.165) is 0 Å². The van der Waals surface area contributed by atoms with Crippen LogP contribution in [0.5, 0.6) is 0 Å². The summed E-state index contributed by atoms with van der Waals surface area (Å²) in [5, 5.41) is 41.7. The summed E-state index contributed by atoms with van der Waals surface area (Å²) in [5.74, 6) is -2.35. The highest BCUT2D eigenvalue weighted by Gasteiger charge is 2.58. The van der Waals surface area contributed by atoms with Crippen molar-refractivity contribution in [3.8, 4) is 0 Å². The van der Waals surface area contributed by atoms with Gasteiger partial charge in [-0.05, 0) is 12.0 Å². The molecule has 2 fully saturated rings. The molecule has 0 bridgehead atoms. The molecule has 0 saturated carbocycles. The average molecular weight is 380 g/mol. The number of hydrogen-bond donors (Lipinski definition) is 5. The highest BCUT2D eigenvalue weighted by molar-refractivity contribution is 6.07. The Balaban J connectivity index is 1.98. The molecule has 2 saturated heterocycles. The maximum absolute atomic E-state index is 13.1. The Morgan fingerprint density at radius 2 is 1.78 bits per heavy atom. The number of carboxylic acids is 1. The van der Waals surface area contributed by atoms with Gasteiger partial charge in [0, 0.05) is 0 Å². The van der Waals surface area contributed by atoms with E-state index in [4.69, 9.17) is 9.84 Å². The molecule has 0 aliphatic carbocycles. The zero-order valence-electron chi connectivity index (χ0n) is 14.3. The Kier molecular flexibility index (Phi) is 4.91. The highest BCUT2D eigenvalue weighted by Crippen LogP contribution is 2.36. The molecule has 0 aromatic heterocycles. The maximum atomic E-state index is 13.1. The number of nitrogens with one attached hydrogen (secondary N) is 1. The summed E-state index contributed by atoms with van der Waals surface area (Å²) in [6.45, 7) is 1.69. The standard InChI is InChI=1S/C17H20N2O8/c1-2-17(8-6-4-3-5-7-8)15(25)19(16(26)18-17)13-11(22)9(20)10(21)12(27-13)14(23)24/h3-7,9-13,20-22H,2H2,1H3,(H,18,26)(H,23,24). The van der Waals surface area contributed by atoms with Gasteiger partial charge in [0.15, 0.2) is 12.3 Å². The molecule has 2 heterocycles. The summed E-state index contributed by atoms with van der Waals surface area (Å²) < 4.78 is 5.13. The van der Waals surface area contributed by atoms with Gasteiger partial charge in [0.25, 0.3) is 5.91 Å². The van der Waals surface area contributed by atoms with Crippen LogP contribution < -0.4 is 5.32 Å². The molecule has 6 unspecified atom stereocenters. The molecule has 5 N–H and O–H groups in total. The lowest BCUT2D eigenvalue weighted by molar-refractivity contribution is -0.250. The lowest BCUT2D eigenvalue weighted by Gasteiger charge is -2.41. The predicted molar refractivity (Wildman–Crippen MR) is 88.1 cm³/mol. The Labute approximate surface area is 154 Å². The molecule has 1 aromatic carbocycles. The molecule has 0 spiro atoms. The van der Waals surface area contributed by atoms with Crippen molar-refractivity contribution in [1.29, 1.82) is 0 Å². The first-order valence-electron chi connectivity index (χ1n) is 8.38. The van der Waals surface area contributed by atoms with Crippen molar-refractivity contribution in [2.24, 2.45) is 0 Å². The third-order valence-electron chi connectivity index (χ3n) is 5.01. The highest BCUT2D eigenvalue weighted by atomic mass is 16.6. The van der Waals surface area contributed by atoms with Gasteiger partial charge in [-0.2, -0.15) is 0 Å². The molecule has 10 nitrogen and oxygen atoms in total. The second-order valence-corrected chi connectivity index (χ2v) is 6.49. The topological polar surface area (TPSA) is 157 Å². The molecule has 2 aliphatic rings. The smallest absolute Gasteiger partial charge is 0.335 e. The quantitative estimate of drug-likeness (QED) is 0.405. The van der Waals surface area contributed by atoms with Crippen LogP contribution in [-0.2, 0) is 19.9 Å². The number of aliphatic hydroxyl groups is 3. The van der Waals surface area contributed by atoms with Gasteiger partial charge in [0.2, 0.25) is 0 Å². The van der Waals surface area contributed by atoms with Crippen LogP contribution in [0.25, 0.3) is 0 Å². The van der Waals surface area contributed by atoms with Crippen molar-refractivity contribution >= 4 is 17.9 Å². The van der Waals surface area contributed by atoms with Crippen LogP contribution in [0, 0.1) is 0 Å². The zero-order valence-corrected chi connectivity index (χ0v) is 14.3. The van der Waals surface area contributed by atoms with Crippen LogP contribution in [0.4, 0.5) is 4.79 Å². The monoisotopic (exact) mass is 380 g/mol. The second kappa shape index (κ2) is 6.89. The van der Waals surface area contributed by atoms with E-state index >= 15 is 0 Å². The summed E-state index contributed by atoms with van der Waals surface area (Å²) >= 11 is 0. The fourth-order valence-electron chi connectivity index (χ4n) is 3.47. The van der Waals surface area contributed by atoms with Crippen LogP contribution in [0.2, 0.25) is 0 Å². The molecule has 6 atom stereocenters. The molecule has 2 aliphatic heterocycles. The SMILES string of the molecule is CCC1(c2ccccc2)NC(=O)N(C2OC(C(=O)O)C(O)C(O)C2O)C1=O. The third kappa shape index (κ3) is 2.86. The maximum Gasteiger partial charge on any atom is 0.335 e. The molecule has 0 radical (unpaired) electrons. The average Bonchev–Trinajstić information content (AvgIpc) is 2.92. The summed E-state index contributed by atoms with van der Waals surface area (Å²) in [6, 6.07) is 7.55. The first kappa shape index (κ1) is 19.2. The number of aliphatic hydroxyl groups excluding tert-OH is 3. The van der Waals surface area contributed by atoms with E-state index < -0.39 is 54.1 Å². The summed E-state index contributed by atoms with van der Waals surface area (Å²) in [5.41, 5.74) is -0.907. The molecule has 3 rings (SSSR count). The number of carbonyl (C=O) groups excluding carboxylic acids is 2. The minimum Gasteiger partial charge on any atom is -0.479 e. The first-order valence-corrected chi connectivity index (χ1v) is 8.38. The van der Waals surface area contributed by atoms with Gasteiger partial charge in [-0.15, -0.1) is 0 Å². The number of benzene rings is 1. The van der Waals surface area contributed by atoms with E-state index in [0.29, 0.717) is 10.5 Å². The van der Waals surface area contributed by atoms with Crippen molar-refractivity contribution < 1.29 is 39.5 Å². The fraction of sp³-hybridized carbons (Fsp3) is 0.471. The molecule has 146 valence electrons.